The van der Waals surface area contributed by atoms with Crippen LogP contribution in [-0.2, 0) is 0 Å². The first kappa shape index (κ1) is 17.2. The Kier molecular flexibility index (Phi) is 5.96. The highest BCUT2D eigenvalue weighted by atomic mass is 19.1. The summed E-state index contributed by atoms with van der Waals surface area (Å²) in [5, 5.41) is 3.00. The van der Waals surface area contributed by atoms with Gasteiger partial charge < -0.3 is 16.8 Å². The Labute approximate surface area is 125 Å². The second-order valence-electron chi connectivity index (χ2n) is 5.64. The minimum atomic E-state index is -0.665. The van der Waals surface area contributed by atoms with Crippen LogP contribution < -0.4 is 16.8 Å². The molecule has 1 rings (SSSR count). The van der Waals surface area contributed by atoms with Crippen molar-refractivity contribution in [3.63, 3.8) is 0 Å². The molecule has 5 nitrogen and oxygen atoms in total. The maximum atomic E-state index is 13.8. The van der Waals surface area contributed by atoms with Gasteiger partial charge in [0.15, 0.2) is 0 Å². The third-order valence-electron chi connectivity index (χ3n) is 3.42. The summed E-state index contributed by atoms with van der Waals surface area (Å²) in [6.45, 7) is 9.81. The molecule has 0 atom stereocenters. The number of nitrogens with one attached hydrogen (secondary N) is 1. The molecule has 6 heteroatoms. The van der Waals surface area contributed by atoms with Crippen molar-refractivity contribution in [1.29, 1.82) is 0 Å². The third kappa shape index (κ3) is 4.60. The van der Waals surface area contributed by atoms with Crippen LogP contribution in [0, 0.1) is 5.82 Å². The topological polar surface area (TPSA) is 84.4 Å². The number of nitrogens with zero attached hydrogens (tertiary/aromatic N) is 1. The van der Waals surface area contributed by atoms with Crippen molar-refractivity contribution in [2.45, 2.75) is 39.8 Å². The Bertz CT molecular complexity index is 495. The number of hydrogen-bond acceptors (Lipinski definition) is 4. The number of nitrogens with two attached hydrogens (primary N) is 2. The lowest BCUT2D eigenvalue weighted by molar-refractivity contribution is 0.100. The van der Waals surface area contributed by atoms with Gasteiger partial charge in [0.25, 0.3) is 5.91 Å². The van der Waals surface area contributed by atoms with Crippen LogP contribution in [0.25, 0.3) is 0 Å². The minimum Gasteiger partial charge on any atom is -0.398 e. The molecule has 1 aromatic rings. The zero-order valence-electron chi connectivity index (χ0n) is 13.1. The lowest BCUT2D eigenvalue weighted by Gasteiger charge is -2.30. The number of carbonyl (C=O) groups excluding carboxylic acids is 1. The molecule has 0 fully saturated rings. The van der Waals surface area contributed by atoms with Gasteiger partial charge in [-0.15, -0.1) is 0 Å². The minimum absolute atomic E-state index is 0.0523. The van der Waals surface area contributed by atoms with Gasteiger partial charge in [-0.3, -0.25) is 9.69 Å². The zero-order valence-corrected chi connectivity index (χ0v) is 13.1. The molecule has 0 heterocycles. The van der Waals surface area contributed by atoms with E-state index in [0.717, 1.165) is 12.6 Å². The SMILES string of the molecule is CC(C)N(CCNc1cc(C(N)=O)c(N)cc1F)C(C)C. The number of carbonyl (C=O) groups is 1. The monoisotopic (exact) mass is 296 g/mol. The van der Waals surface area contributed by atoms with Crippen molar-refractivity contribution in [3.05, 3.63) is 23.5 Å². The summed E-state index contributed by atoms with van der Waals surface area (Å²) in [5.74, 6) is -1.15. The molecule has 0 saturated heterocycles. The highest BCUT2D eigenvalue weighted by molar-refractivity contribution is 5.99. The molecule has 0 aliphatic heterocycles. The molecule has 1 amide bonds. The largest absolute Gasteiger partial charge is 0.398 e. The molecule has 1 aromatic carbocycles. The van der Waals surface area contributed by atoms with E-state index in [4.69, 9.17) is 11.5 Å². The summed E-state index contributed by atoms with van der Waals surface area (Å²) in [6.07, 6.45) is 0. The van der Waals surface area contributed by atoms with Gasteiger partial charge in [-0.2, -0.15) is 0 Å². The molecule has 0 spiro atoms. The van der Waals surface area contributed by atoms with Crippen molar-refractivity contribution < 1.29 is 9.18 Å². The second kappa shape index (κ2) is 7.26. The van der Waals surface area contributed by atoms with E-state index in [0.29, 0.717) is 18.6 Å². The Balaban J connectivity index is 2.75. The van der Waals surface area contributed by atoms with E-state index < -0.39 is 11.7 Å². The summed E-state index contributed by atoms with van der Waals surface area (Å²) in [6, 6.07) is 3.29. The van der Waals surface area contributed by atoms with E-state index in [9.17, 15) is 9.18 Å². The van der Waals surface area contributed by atoms with Crippen molar-refractivity contribution in [2.75, 3.05) is 24.1 Å². The van der Waals surface area contributed by atoms with Gasteiger partial charge in [-0.05, 0) is 39.8 Å². The van der Waals surface area contributed by atoms with Crippen LogP contribution in [0.3, 0.4) is 0 Å². The fraction of sp³-hybridized carbons (Fsp3) is 0.533. The number of hydrogen-bond donors (Lipinski definition) is 3. The maximum Gasteiger partial charge on any atom is 0.250 e. The first-order valence-corrected chi connectivity index (χ1v) is 7.12. The number of halogens is 1. The van der Waals surface area contributed by atoms with Gasteiger partial charge in [-0.25, -0.2) is 4.39 Å². The van der Waals surface area contributed by atoms with E-state index in [-0.39, 0.29) is 16.9 Å². The molecular weight excluding hydrogens is 271 g/mol. The Morgan fingerprint density at radius 1 is 1.29 bits per heavy atom. The third-order valence-corrected chi connectivity index (χ3v) is 3.42. The van der Waals surface area contributed by atoms with Crippen molar-refractivity contribution in [1.82, 2.24) is 4.90 Å². The molecule has 118 valence electrons. The molecule has 0 radical (unpaired) electrons. The number of anilines is 2. The fourth-order valence-corrected chi connectivity index (χ4v) is 2.37. The lowest BCUT2D eigenvalue weighted by atomic mass is 10.1. The molecule has 0 unspecified atom stereocenters. The van der Waals surface area contributed by atoms with Crippen LogP contribution >= 0.6 is 0 Å². The van der Waals surface area contributed by atoms with Crippen LogP contribution in [0.15, 0.2) is 12.1 Å². The van der Waals surface area contributed by atoms with E-state index >= 15 is 0 Å². The maximum absolute atomic E-state index is 13.8. The van der Waals surface area contributed by atoms with Crippen molar-refractivity contribution in [2.24, 2.45) is 5.73 Å². The molecule has 21 heavy (non-hydrogen) atoms. The summed E-state index contributed by atoms with van der Waals surface area (Å²) in [5.41, 5.74) is 11.2. The van der Waals surface area contributed by atoms with Gasteiger partial charge in [0.1, 0.15) is 5.82 Å². The first-order valence-electron chi connectivity index (χ1n) is 7.12. The summed E-state index contributed by atoms with van der Waals surface area (Å²) >= 11 is 0. The van der Waals surface area contributed by atoms with Crippen LogP contribution in [0.2, 0.25) is 0 Å². The van der Waals surface area contributed by atoms with Gasteiger partial charge >= 0.3 is 0 Å². The van der Waals surface area contributed by atoms with E-state index in [1.54, 1.807) is 0 Å². The highest BCUT2D eigenvalue weighted by Crippen LogP contribution is 2.21. The highest BCUT2D eigenvalue weighted by Gasteiger charge is 2.14. The normalized spacial score (nSPS) is 11.4. The van der Waals surface area contributed by atoms with Crippen LogP contribution in [0.5, 0.6) is 0 Å². The predicted octanol–water partition coefficient (Wildman–Crippen LogP) is 2.04. The molecule has 0 aliphatic carbocycles. The summed E-state index contributed by atoms with van der Waals surface area (Å²) in [4.78, 5) is 13.5. The quantitative estimate of drug-likeness (QED) is 0.672. The first-order chi connectivity index (χ1) is 9.73. The number of rotatable bonds is 7. The lowest BCUT2D eigenvalue weighted by Crippen LogP contribution is -2.40. The molecule has 0 aromatic heterocycles. The smallest absolute Gasteiger partial charge is 0.250 e. The number of primary amides is 1. The van der Waals surface area contributed by atoms with Crippen molar-refractivity contribution in [3.8, 4) is 0 Å². The number of amides is 1. The van der Waals surface area contributed by atoms with Crippen LogP contribution in [0.4, 0.5) is 15.8 Å². The number of benzene rings is 1. The molecule has 5 N–H and O–H groups in total. The van der Waals surface area contributed by atoms with Gasteiger partial charge in [0.2, 0.25) is 0 Å². The van der Waals surface area contributed by atoms with Gasteiger partial charge in [0.05, 0.1) is 11.3 Å². The van der Waals surface area contributed by atoms with E-state index in [1.807, 2.05) is 0 Å². The molecule has 0 aliphatic rings. The standard InChI is InChI=1S/C15H25FN4O/c1-9(2)20(10(3)4)6-5-19-14-7-11(15(18)21)13(17)8-12(14)16/h7-10,19H,5-6,17H2,1-4H3,(H2,18,21). The fourth-order valence-electron chi connectivity index (χ4n) is 2.37. The Hall–Kier alpha value is -1.82. The van der Waals surface area contributed by atoms with E-state index in [1.165, 1.54) is 6.07 Å². The van der Waals surface area contributed by atoms with Crippen LogP contribution in [-0.4, -0.2) is 36.0 Å². The Morgan fingerprint density at radius 3 is 2.33 bits per heavy atom. The molecular formula is C15H25FN4O. The van der Waals surface area contributed by atoms with Crippen molar-refractivity contribution >= 4 is 17.3 Å². The summed E-state index contributed by atoms with van der Waals surface area (Å²) in [7, 11) is 0. The van der Waals surface area contributed by atoms with Gasteiger partial charge in [-0.1, -0.05) is 0 Å². The van der Waals surface area contributed by atoms with Gasteiger partial charge in [0, 0.05) is 30.9 Å². The van der Waals surface area contributed by atoms with E-state index in [2.05, 4.69) is 37.9 Å². The average Bonchev–Trinajstić information content (AvgIpc) is 2.35. The number of nitrogen functional groups attached to an aromatic ring is 1. The molecule has 0 bridgehead atoms. The summed E-state index contributed by atoms with van der Waals surface area (Å²) < 4.78 is 13.8. The zero-order chi connectivity index (χ0) is 16.2. The average molecular weight is 296 g/mol. The predicted molar refractivity (Wildman–Crippen MR) is 84.8 cm³/mol. The van der Waals surface area contributed by atoms with Crippen LogP contribution in [0.1, 0.15) is 38.1 Å². The molecule has 0 saturated carbocycles. The second-order valence-corrected chi connectivity index (χ2v) is 5.64. The Morgan fingerprint density at radius 2 is 1.86 bits per heavy atom.